The van der Waals surface area contributed by atoms with E-state index in [1.54, 1.807) is 6.07 Å². The summed E-state index contributed by atoms with van der Waals surface area (Å²) >= 11 is 6.21. The number of rotatable bonds is 3. The lowest BCUT2D eigenvalue weighted by Gasteiger charge is -2.36. The molecule has 0 aromatic heterocycles. The molecule has 1 unspecified atom stereocenters. The van der Waals surface area contributed by atoms with Gasteiger partial charge in [-0.3, -0.25) is 10.1 Å². The van der Waals surface area contributed by atoms with Crippen molar-refractivity contribution < 1.29 is 14.4 Å². The number of nitro groups is 1. The van der Waals surface area contributed by atoms with Crippen LogP contribution in [0.25, 0.3) is 0 Å². The van der Waals surface area contributed by atoms with E-state index in [2.05, 4.69) is 4.90 Å². The Morgan fingerprint density at radius 3 is 2.76 bits per heavy atom. The molecule has 2 heterocycles. The molecule has 0 saturated carbocycles. The van der Waals surface area contributed by atoms with Crippen LogP contribution in [0.5, 0.6) is 0 Å². The molecular formula is C14H17ClN2O4. The van der Waals surface area contributed by atoms with Gasteiger partial charge in [0.05, 0.1) is 28.8 Å². The van der Waals surface area contributed by atoms with Crippen LogP contribution in [-0.4, -0.2) is 37.5 Å². The highest BCUT2D eigenvalue weighted by atomic mass is 35.5. The molecule has 7 heteroatoms. The van der Waals surface area contributed by atoms with Crippen LogP contribution in [0.2, 0.25) is 5.02 Å². The zero-order chi connectivity index (χ0) is 14.8. The first-order valence-electron chi connectivity index (χ1n) is 7.07. The summed E-state index contributed by atoms with van der Waals surface area (Å²) in [5, 5.41) is 11.2. The molecule has 21 heavy (non-hydrogen) atoms. The number of nitro benzene ring substituents is 1. The molecule has 0 radical (unpaired) electrons. The summed E-state index contributed by atoms with van der Waals surface area (Å²) in [6.45, 7) is 2.99. The summed E-state index contributed by atoms with van der Waals surface area (Å²) in [6.07, 6.45) is 1.96. The standard InChI is InChI=1S/C14H17ClN2O4/c15-12-8-11(17(18)19)3-4-13(12)16-5-1-2-10(9-16)14-20-6-7-21-14/h3-4,8,10,14H,1-2,5-7,9H2. The third-order valence-corrected chi connectivity index (χ3v) is 4.28. The van der Waals surface area contributed by atoms with E-state index in [0.29, 0.717) is 24.2 Å². The van der Waals surface area contributed by atoms with Crippen molar-refractivity contribution in [3.05, 3.63) is 33.3 Å². The van der Waals surface area contributed by atoms with E-state index in [9.17, 15) is 10.1 Å². The fourth-order valence-corrected chi connectivity index (χ4v) is 3.26. The molecule has 0 aliphatic carbocycles. The van der Waals surface area contributed by atoms with E-state index < -0.39 is 4.92 Å². The van der Waals surface area contributed by atoms with Crippen molar-refractivity contribution >= 4 is 23.0 Å². The summed E-state index contributed by atoms with van der Waals surface area (Å²) in [7, 11) is 0. The van der Waals surface area contributed by atoms with E-state index in [0.717, 1.165) is 31.6 Å². The minimum atomic E-state index is -0.436. The number of hydrogen-bond acceptors (Lipinski definition) is 5. The Bertz CT molecular complexity index is 534. The van der Waals surface area contributed by atoms with Crippen LogP contribution in [0.3, 0.4) is 0 Å². The van der Waals surface area contributed by atoms with Crippen molar-refractivity contribution in [3.8, 4) is 0 Å². The number of nitrogens with zero attached hydrogens (tertiary/aromatic N) is 2. The quantitative estimate of drug-likeness (QED) is 0.634. The van der Waals surface area contributed by atoms with Gasteiger partial charge < -0.3 is 14.4 Å². The molecule has 0 amide bonds. The summed E-state index contributed by atoms with van der Waals surface area (Å²) in [5.41, 5.74) is 0.852. The second-order valence-corrected chi connectivity index (χ2v) is 5.76. The van der Waals surface area contributed by atoms with Crippen molar-refractivity contribution in [2.24, 2.45) is 5.92 Å². The average Bonchev–Trinajstić information content (AvgIpc) is 3.01. The number of piperidine rings is 1. The lowest BCUT2D eigenvalue weighted by molar-refractivity contribution is -0.384. The van der Waals surface area contributed by atoms with E-state index in [1.807, 2.05) is 0 Å². The monoisotopic (exact) mass is 312 g/mol. The zero-order valence-corrected chi connectivity index (χ0v) is 12.3. The van der Waals surface area contributed by atoms with Gasteiger partial charge in [-0.2, -0.15) is 0 Å². The first kappa shape index (κ1) is 14.6. The van der Waals surface area contributed by atoms with Crippen LogP contribution in [0.4, 0.5) is 11.4 Å². The average molecular weight is 313 g/mol. The van der Waals surface area contributed by atoms with Gasteiger partial charge in [0.15, 0.2) is 6.29 Å². The van der Waals surface area contributed by atoms with Gasteiger partial charge in [0.1, 0.15) is 0 Å². The van der Waals surface area contributed by atoms with Gasteiger partial charge in [0.2, 0.25) is 0 Å². The Balaban J connectivity index is 1.75. The van der Waals surface area contributed by atoms with Crippen molar-refractivity contribution in [3.63, 3.8) is 0 Å². The highest BCUT2D eigenvalue weighted by molar-refractivity contribution is 6.33. The van der Waals surface area contributed by atoms with Crippen molar-refractivity contribution in [2.45, 2.75) is 19.1 Å². The summed E-state index contributed by atoms with van der Waals surface area (Å²) in [5.74, 6) is 0.313. The Morgan fingerprint density at radius 1 is 1.33 bits per heavy atom. The van der Waals surface area contributed by atoms with Gasteiger partial charge in [0.25, 0.3) is 5.69 Å². The van der Waals surface area contributed by atoms with Crippen molar-refractivity contribution in [2.75, 3.05) is 31.2 Å². The largest absolute Gasteiger partial charge is 0.370 e. The first-order valence-corrected chi connectivity index (χ1v) is 7.45. The molecular weight excluding hydrogens is 296 g/mol. The lowest BCUT2D eigenvalue weighted by atomic mass is 9.97. The van der Waals surface area contributed by atoms with Crippen LogP contribution in [0.15, 0.2) is 18.2 Å². The zero-order valence-electron chi connectivity index (χ0n) is 11.5. The number of benzene rings is 1. The summed E-state index contributed by atoms with van der Waals surface area (Å²) < 4.78 is 11.2. The van der Waals surface area contributed by atoms with Gasteiger partial charge in [-0.05, 0) is 18.9 Å². The minimum Gasteiger partial charge on any atom is -0.370 e. The maximum atomic E-state index is 10.8. The number of non-ortho nitro benzene ring substituents is 1. The SMILES string of the molecule is O=[N+]([O-])c1ccc(N2CCCC(C3OCCO3)C2)c(Cl)c1. The highest BCUT2D eigenvalue weighted by Gasteiger charge is 2.31. The third kappa shape index (κ3) is 3.12. The second-order valence-electron chi connectivity index (χ2n) is 5.35. The number of hydrogen-bond donors (Lipinski definition) is 0. The molecule has 0 spiro atoms. The van der Waals surface area contributed by atoms with Gasteiger partial charge in [-0.25, -0.2) is 0 Å². The molecule has 2 fully saturated rings. The van der Waals surface area contributed by atoms with Gasteiger partial charge >= 0.3 is 0 Å². The predicted octanol–water partition coefficient (Wildman–Crippen LogP) is 2.84. The first-order chi connectivity index (χ1) is 10.1. The minimum absolute atomic E-state index is 0.0137. The van der Waals surface area contributed by atoms with Crippen LogP contribution in [0.1, 0.15) is 12.8 Å². The fourth-order valence-electron chi connectivity index (χ4n) is 2.97. The van der Waals surface area contributed by atoms with E-state index >= 15 is 0 Å². The Hall–Kier alpha value is -1.37. The highest BCUT2D eigenvalue weighted by Crippen LogP contribution is 2.34. The van der Waals surface area contributed by atoms with Gasteiger partial charge in [-0.15, -0.1) is 0 Å². The normalized spacial score (nSPS) is 23.5. The molecule has 114 valence electrons. The molecule has 1 aromatic carbocycles. The number of halogens is 1. The Morgan fingerprint density at radius 2 is 2.10 bits per heavy atom. The van der Waals surface area contributed by atoms with Gasteiger partial charge in [-0.1, -0.05) is 11.6 Å². The molecule has 0 N–H and O–H groups in total. The van der Waals surface area contributed by atoms with Crippen LogP contribution in [0, 0.1) is 16.0 Å². The molecule has 2 saturated heterocycles. The predicted molar refractivity (Wildman–Crippen MR) is 78.7 cm³/mol. The van der Waals surface area contributed by atoms with E-state index in [-0.39, 0.29) is 12.0 Å². The van der Waals surface area contributed by atoms with Crippen LogP contribution >= 0.6 is 11.6 Å². The lowest BCUT2D eigenvalue weighted by Crippen LogP contribution is -2.40. The Labute approximate surface area is 127 Å². The second kappa shape index (κ2) is 6.17. The van der Waals surface area contributed by atoms with Gasteiger partial charge in [0, 0.05) is 31.1 Å². The van der Waals surface area contributed by atoms with Crippen molar-refractivity contribution in [1.82, 2.24) is 0 Å². The molecule has 3 rings (SSSR count). The number of ether oxygens (including phenoxy) is 2. The molecule has 2 aliphatic heterocycles. The molecule has 1 aromatic rings. The van der Waals surface area contributed by atoms with Crippen molar-refractivity contribution in [1.29, 1.82) is 0 Å². The Kier molecular flexibility index (Phi) is 4.28. The summed E-state index contributed by atoms with van der Waals surface area (Å²) in [6, 6.07) is 4.62. The molecule has 1 atom stereocenters. The summed E-state index contributed by atoms with van der Waals surface area (Å²) in [4.78, 5) is 12.5. The van der Waals surface area contributed by atoms with E-state index in [1.165, 1.54) is 12.1 Å². The van der Waals surface area contributed by atoms with Crippen LogP contribution < -0.4 is 4.90 Å². The molecule has 0 bridgehead atoms. The fraction of sp³-hybridized carbons (Fsp3) is 0.571. The maximum Gasteiger partial charge on any atom is 0.271 e. The molecule has 6 nitrogen and oxygen atoms in total. The molecule has 2 aliphatic rings. The smallest absolute Gasteiger partial charge is 0.271 e. The third-order valence-electron chi connectivity index (χ3n) is 3.97. The van der Waals surface area contributed by atoms with Crippen LogP contribution in [-0.2, 0) is 9.47 Å². The van der Waals surface area contributed by atoms with E-state index in [4.69, 9.17) is 21.1 Å². The topological polar surface area (TPSA) is 64.8 Å². The number of anilines is 1. The maximum absolute atomic E-state index is 10.8.